The van der Waals surface area contributed by atoms with E-state index in [1.807, 2.05) is 6.92 Å². The normalized spacial score (nSPS) is 23.4. The zero-order valence-corrected chi connectivity index (χ0v) is 15.1. The number of halogens is 1. The van der Waals surface area contributed by atoms with Crippen LogP contribution in [0.25, 0.3) is 0 Å². The fourth-order valence-corrected chi connectivity index (χ4v) is 3.66. The van der Waals surface area contributed by atoms with Gasteiger partial charge in [-0.2, -0.15) is 0 Å². The van der Waals surface area contributed by atoms with Crippen LogP contribution in [0.3, 0.4) is 0 Å². The number of methoxy groups -OCH3 is 2. The van der Waals surface area contributed by atoms with Gasteiger partial charge >= 0.3 is 5.97 Å². The lowest BCUT2D eigenvalue weighted by molar-refractivity contribution is -0.155. The lowest BCUT2D eigenvalue weighted by Gasteiger charge is -2.40. The molecule has 1 amide bonds. The van der Waals surface area contributed by atoms with Crippen LogP contribution in [0.5, 0.6) is 5.75 Å². The molecular weight excluding hydrogens is 330 g/mol. The van der Waals surface area contributed by atoms with Crippen molar-refractivity contribution in [2.24, 2.45) is 5.92 Å². The molecule has 6 heteroatoms. The largest absolute Gasteiger partial charge is 0.496 e. The second-order valence-electron chi connectivity index (χ2n) is 6.26. The molecule has 0 saturated heterocycles. The molecule has 2 atom stereocenters. The molecule has 0 spiro atoms. The summed E-state index contributed by atoms with van der Waals surface area (Å²) in [4.78, 5) is 25.0. The van der Waals surface area contributed by atoms with Gasteiger partial charge in [0.2, 0.25) is 5.91 Å². The van der Waals surface area contributed by atoms with E-state index in [2.05, 4.69) is 5.32 Å². The highest BCUT2D eigenvalue weighted by Gasteiger charge is 2.47. The number of hydrogen-bond donors (Lipinski definition) is 1. The molecule has 0 heterocycles. The maximum atomic E-state index is 12.6. The Labute approximate surface area is 147 Å². The zero-order chi connectivity index (χ0) is 17.7. The number of rotatable bonds is 5. The van der Waals surface area contributed by atoms with Crippen molar-refractivity contribution in [1.29, 1.82) is 0 Å². The Morgan fingerprint density at radius 3 is 2.71 bits per heavy atom. The van der Waals surface area contributed by atoms with Gasteiger partial charge in [0, 0.05) is 10.6 Å². The molecule has 1 fully saturated rings. The van der Waals surface area contributed by atoms with E-state index in [-0.39, 0.29) is 24.2 Å². The van der Waals surface area contributed by atoms with Crippen LogP contribution < -0.4 is 10.1 Å². The number of benzene rings is 1. The third-order valence-electron chi connectivity index (χ3n) is 4.84. The van der Waals surface area contributed by atoms with E-state index in [0.29, 0.717) is 22.8 Å². The van der Waals surface area contributed by atoms with Crippen molar-refractivity contribution in [3.05, 3.63) is 28.8 Å². The number of carbonyl (C=O) groups excluding carboxylic acids is 2. The molecule has 5 nitrogen and oxygen atoms in total. The van der Waals surface area contributed by atoms with Crippen molar-refractivity contribution >= 4 is 23.5 Å². The molecule has 1 aromatic rings. The minimum absolute atomic E-state index is 0.0239. The maximum absolute atomic E-state index is 12.6. The first-order valence-corrected chi connectivity index (χ1v) is 8.53. The zero-order valence-electron chi connectivity index (χ0n) is 14.4. The molecular formula is C18H24ClNO4. The molecule has 1 aliphatic carbocycles. The van der Waals surface area contributed by atoms with Crippen molar-refractivity contribution in [2.75, 3.05) is 14.2 Å². The van der Waals surface area contributed by atoms with Gasteiger partial charge in [-0.15, -0.1) is 0 Å². The summed E-state index contributed by atoms with van der Waals surface area (Å²) < 4.78 is 10.3. The molecule has 1 aliphatic rings. The monoisotopic (exact) mass is 353 g/mol. The van der Waals surface area contributed by atoms with E-state index in [1.165, 1.54) is 14.2 Å². The summed E-state index contributed by atoms with van der Waals surface area (Å²) in [6.45, 7) is 1.98. The Morgan fingerprint density at radius 2 is 2.08 bits per heavy atom. The minimum atomic E-state index is -0.960. The highest BCUT2D eigenvalue weighted by Crippen LogP contribution is 2.35. The topological polar surface area (TPSA) is 64.6 Å². The molecule has 0 aromatic heterocycles. The second kappa shape index (κ2) is 7.88. The number of hydrogen-bond acceptors (Lipinski definition) is 4. The lowest BCUT2D eigenvalue weighted by atomic mass is 9.73. The van der Waals surface area contributed by atoms with E-state index in [9.17, 15) is 9.59 Å². The molecule has 0 bridgehead atoms. The molecule has 132 valence electrons. The predicted octanol–water partition coefficient (Wildman–Crippen LogP) is 3.13. The van der Waals surface area contributed by atoms with Gasteiger partial charge in [0.25, 0.3) is 0 Å². The smallest absolute Gasteiger partial charge is 0.331 e. The molecule has 1 N–H and O–H groups in total. The quantitative estimate of drug-likeness (QED) is 0.826. The first-order chi connectivity index (χ1) is 11.4. The van der Waals surface area contributed by atoms with Crippen LogP contribution in [0.4, 0.5) is 0 Å². The van der Waals surface area contributed by atoms with Crippen LogP contribution in [0.2, 0.25) is 5.02 Å². The van der Waals surface area contributed by atoms with Gasteiger partial charge in [-0.25, -0.2) is 4.79 Å². The first-order valence-electron chi connectivity index (χ1n) is 8.15. The van der Waals surface area contributed by atoms with Gasteiger partial charge in [0.1, 0.15) is 11.3 Å². The van der Waals surface area contributed by atoms with Gasteiger partial charge in [-0.3, -0.25) is 4.79 Å². The van der Waals surface area contributed by atoms with E-state index < -0.39 is 5.54 Å². The number of ether oxygens (including phenoxy) is 2. The molecule has 0 radical (unpaired) electrons. The molecule has 1 saturated carbocycles. The lowest BCUT2D eigenvalue weighted by Crippen LogP contribution is -2.60. The Kier molecular flexibility index (Phi) is 6.10. The average Bonchev–Trinajstić information content (AvgIpc) is 2.58. The summed E-state index contributed by atoms with van der Waals surface area (Å²) in [6.07, 6.45) is 3.45. The average molecular weight is 354 g/mol. The van der Waals surface area contributed by atoms with Crippen LogP contribution >= 0.6 is 11.6 Å². The van der Waals surface area contributed by atoms with Crippen molar-refractivity contribution < 1.29 is 19.1 Å². The summed E-state index contributed by atoms with van der Waals surface area (Å²) in [7, 11) is 2.89. The van der Waals surface area contributed by atoms with E-state index in [4.69, 9.17) is 21.1 Å². The van der Waals surface area contributed by atoms with Gasteiger partial charge in [-0.1, -0.05) is 37.4 Å². The van der Waals surface area contributed by atoms with Crippen molar-refractivity contribution in [3.8, 4) is 5.75 Å². The third-order valence-corrected chi connectivity index (χ3v) is 5.20. The third kappa shape index (κ3) is 3.66. The van der Waals surface area contributed by atoms with E-state index in [0.717, 1.165) is 19.3 Å². The molecule has 24 heavy (non-hydrogen) atoms. The van der Waals surface area contributed by atoms with Crippen molar-refractivity contribution in [2.45, 2.75) is 44.6 Å². The summed E-state index contributed by atoms with van der Waals surface area (Å²) >= 11 is 6.20. The Bertz CT molecular complexity index is 619. The molecule has 2 rings (SSSR count). The summed E-state index contributed by atoms with van der Waals surface area (Å²) in [5.74, 6) is -0.0630. The Hall–Kier alpha value is -1.75. The number of amides is 1. The van der Waals surface area contributed by atoms with Crippen LogP contribution in [0, 0.1) is 5.92 Å². The minimum Gasteiger partial charge on any atom is -0.496 e. The van der Waals surface area contributed by atoms with Crippen LogP contribution in [0.1, 0.15) is 38.2 Å². The standard InChI is InChI=1S/C18H24ClNO4/c1-12-7-4-5-10-18(12,17(22)24-3)20-16(21)11-13-14(19)8-6-9-15(13)23-2/h6,8-9,12H,4-5,7,10-11H2,1-3H3,(H,20,21). The molecule has 2 unspecified atom stereocenters. The Balaban J connectivity index is 2.22. The maximum Gasteiger partial charge on any atom is 0.331 e. The van der Waals surface area contributed by atoms with Gasteiger partial charge in [0.15, 0.2) is 0 Å². The summed E-state index contributed by atoms with van der Waals surface area (Å²) in [5, 5.41) is 3.40. The number of nitrogens with one attached hydrogen (secondary N) is 1. The van der Waals surface area contributed by atoms with Crippen LogP contribution in [-0.2, 0) is 20.7 Å². The number of esters is 1. The van der Waals surface area contributed by atoms with Crippen LogP contribution in [0.15, 0.2) is 18.2 Å². The van der Waals surface area contributed by atoms with E-state index in [1.54, 1.807) is 18.2 Å². The second-order valence-corrected chi connectivity index (χ2v) is 6.66. The SMILES string of the molecule is COC(=O)C1(NC(=O)Cc2c(Cl)cccc2OC)CCCCC1C. The summed E-state index contributed by atoms with van der Waals surface area (Å²) in [5.41, 5.74) is -0.346. The summed E-state index contributed by atoms with van der Waals surface area (Å²) in [6, 6.07) is 5.24. The number of carbonyl (C=O) groups is 2. The highest BCUT2D eigenvalue weighted by molar-refractivity contribution is 6.31. The fraction of sp³-hybridized carbons (Fsp3) is 0.556. The predicted molar refractivity (Wildman–Crippen MR) is 92.2 cm³/mol. The van der Waals surface area contributed by atoms with Crippen molar-refractivity contribution in [1.82, 2.24) is 5.32 Å². The van der Waals surface area contributed by atoms with Crippen molar-refractivity contribution in [3.63, 3.8) is 0 Å². The van der Waals surface area contributed by atoms with Gasteiger partial charge < -0.3 is 14.8 Å². The van der Waals surface area contributed by atoms with Crippen LogP contribution in [-0.4, -0.2) is 31.6 Å². The van der Waals surface area contributed by atoms with E-state index >= 15 is 0 Å². The molecule has 1 aromatic carbocycles. The van der Waals surface area contributed by atoms with Gasteiger partial charge in [-0.05, 0) is 30.9 Å². The Morgan fingerprint density at radius 1 is 1.33 bits per heavy atom. The highest BCUT2D eigenvalue weighted by atomic mass is 35.5. The first kappa shape index (κ1) is 18.6. The fourth-order valence-electron chi connectivity index (χ4n) is 3.42. The molecule has 0 aliphatic heterocycles. The van der Waals surface area contributed by atoms with Gasteiger partial charge in [0.05, 0.1) is 20.6 Å².